The summed E-state index contributed by atoms with van der Waals surface area (Å²) in [7, 11) is -7.47. The lowest BCUT2D eigenvalue weighted by atomic mass is 10.2. The Labute approximate surface area is 116 Å². The molecular weight excluding hydrogens is 310 g/mol. The van der Waals surface area contributed by atoms with Crippen molar-refractivity contribution in [2.75, 3.05) is 22.5 Å². The Balaban J connectivity index is 2.97. The van der Waals surface area contributed by atoms with Crippen molar-refractivity contribution < 1.29 is 31.8 Å². The van der Waals surface area contributed by atoms with Gasteiger partial charge in [-0.1, -0.05) is 0 Å². The number of phenols is 1. The minimum Gasteiger partial charge on any atom is -0.506 e. The Morgan fingerprint density at radius 2 is 1.80 bits per heavy atom. The second kappa shape index (κ2) is 5.67. The molecule has 112 valence electrons. The van der Waals surface area contributed by atoms with Crippen LogP contribution < -0.4 is 4.72 Å². The fourth-order valence-electron chi connectivity index (χ4n) is 1.23. The minimum atomic E-state index is -4.01. The van der Waals surface area contributed by atoms with E-state index in [1.807, 2.05) is 4.72 Å². The van der Waals surface area contributed by atoms with E-state index in [0.29, 0.717) is 0 Å². The van der Waals surface area contributed by atoms with Crippen LogP contribution in [-0.2, 0) is 19.9 Å². The van der Waals surface area contributed by atoms with Crippen molar-refractivity contribution in [2.45, 2.75) is 0 Å². The van der Waals surface area contributed by atoms with Crippen LogP contribution in [0.5, 0.6) is 5.75 Å². The second-order valence-corrected chi connectivity index (χ2v) is 8.19. The van der Waals surface area contributed by atoms with Gasteiger partial charge in [-0.05, 0) is 18.2 Å². The summed E-state index contributed by atoms with van der Waals surface area (Å²) < 4.78 is 47.1. The molecule has 0 aliphatic rings. The molecule has 1 rings (SSSR count). The zero-order chi connectivity index (χ0) is 15.6. The van der Waals surface area contributed by atoms with Gasteiger partial charge in [-0.25, -0.2) is 21.6 Å². The van der Waals surface area contributed by atoms with Crippen molar-refractivity contribution in [3.8, 4) is 5.75 Å². The van der Waals surface area contributed by atoms with E-state index in [0.717, 1.165) is 24.5 Å². The lowest BCUT2D eigenvalue weighted by Gasteiger charge is -2.09. The van der Waals surface area contributed by atoms with Crippen molar-refractivity contribution in [3.05, 3.63) is 23.8 Å². The van der Waals surface area contributed by atoms with E-state index < -0.39 is 43.1 Å². The van der Waals surface area contributed by atoms with Crippen LogP contribution in [0.2, 0.25) is 0 Å². The maximum atomic E-state index is 11.6. The molecule has 0 saturated carbocycles. The van der Waals surface area contributed by atoms with E-state index in [4.69, 9.17) is 5.11 Å². The highest BCUT2D eigenvalue weighted by Gasteiger charge is 2.17. The fraction of sp³-hybridized carbons (Fsp3) is 0.300. The van der Waals surface area contributed by atoms with Crippen LogP contribution in [-0.4, -0.2) is 50.8 Å². The molecule has 1 aromatic carbocycles. The number of benzene rings is 1. The van der Waals surface area contributed by atoms with Crippen LogP contribution in [0, 0.1) is 0 Å². The highest BCUT2D eigenvalue weighted by atomic mass is 32.2. The van der Waals surface area contributed by atoms with E-state index in [9.17, 15) is 26.7 Å². The van der Waals surface area contributed by atoms with Gasteiger partial charge in [0.25, 0.3) is 0 Å². The Morgan fingerprint density at radius 3 is 2.30 bits per heavy atom. The Hall–Kier alpha value is -1.81. The Kier molecular flexibility index (Phi) is 4.61. The third-order valence-corrected chi connectivity index (χ3v) is 4.71. The number of carbonyl (C=O) groups is 1. The number of hydrogen-bond donors (Lipinski definition) is 3. The van der Waals surface area contributed by atoms with Gasteiger partial charge in [0.2, 0.25) is 10.0 Å². The maximum absolute atomic E-state index is 11.6. The normalized spacial score (nSPS) is 12.1. The van der Waals surface area contributed by atoms with Crippen LogP contribution in [0.15, 0.2) is 18.2 Å². The molecule has 0 aliphatic carbocycles. The summed E-state index contributed by atoms with van der Waals surface area (Å²) in [5.74, 6) is -3.02. The van der Waals surface area contributed by atoms with Crippen molar-refractivity contribution in [2.24, 2.45) is 0 Å². The highest BCUT2D eigenvalue weighted by molar-refractivity contribution is 7.95. The molecule has 0 radical (unpaired) electrons. The largest absolute Gasteiger partial charge is 0.506 e. The van der Waals surface area contributed by atoms with Crippen LogP contribution in [0.1, 0.15) is 10.4 Å². The summed E-state index contributed by atoms with van der Waals surface area (Å²) in [6.45, 7) is 0. The van der Waals surface area contributed by atoms with Gasteiger partial charge in [-0.3, -0.25) is 4.72 Å². The van der Waals surface area contributed by atoms with Crippen LogP contribution in [0.25, 0.3) is 0 Å². The van der Waals surface area contributed by atoms with Gasteiger partial charge in [0.1, 0.15) is 15.6 Å². The lowest BCUT2D eigenvalue weighted by molar-refractivity contribution is 0.0697. The Bertz CT molecular complexity index is 722. The third-order valence-electron chi connectivity index (χ3n) is 2.23. The number of carboxylic acid groups (broad SMARTS) is 1. The second-order valence-electron chi connectivity index (χ2n) is 4.09. The topological polar surface area (TPSA) is 138 Å². The van der Waals surface area contributed by atoms with Crippen molar-refractivity contribution in [1.82, 2.24) is 0 Å². The predicted octanol–water partition coefficient (Wildman–Crippen LogP) is -0.123. The maximum Gasteiger partial charge on any atom is 0.335 e. The van der Waals surface area contributed by atoms with Gasteiger partial charge in [-0.2, -0.15) is 0 Å². The molecule has 0 amide bonds. The molecule has 0 unspecified atom stereocenters. The first-order valence-corrected chi connectivity index (χ1v) is 8.96. The number of phenolic OH excluding ortho intramolecular Hbond substituents is 1. The molecule has 3 N–H and O–H groups in total. The monoisotopic (exact) mass is 323 g/mol. The number of aromatic carboxylic acids is 1. The molecule has 0 bridgehead atoms. The first-order valence-electron chi connectivity index (χ1n) is 5.25. The molecule has 0 fully saturated rings. The summed E-state index contributed by atoms with van der Waals surface area (Å²) in [6, 6.07) is 3.07. The number of carboxylic acids is 1. The average molecular weight is 323 g/mol. The fourth-order valence-corrected chi connectivity index (χ4v) is 3.92. The molecule has 20 heavy (non-hydrogen) atoms. The number of sulfone groups is 1. The van der Waals surface area contributed by atoms with Crippen molar-refractivity contribution in [1.29, 1.82) is 0 Å². The first kappa shape index (κ1) is 16.2. The molecule has 10 heteroatoms. The van der Waals surface area contributed by atoms with E-state index in [1.54, 1.807) is 0 Å². The van der Waals surface area contributed by atoms with Crippen LogP contribution >= 0.6 is 0 Å². The number of rotatable bonds is 6. The standard InChI is InChI=1S/C10H13NO7S2/c1-19(15,16)4-5-20(17,18)11-8-6-7(10(13)14)2-3-9(8)12/h2-3,6,11-12H,4-5H2,1H3,(H,13,14). The number of aromatic hydroxyl groups is 1. The molecule has 0 aliphatic heterocycles. The summed E-state index contributed by atoms with van der Waals surface area (Å²) in [5, 5.41) is 18.2. The van der Waals surface area contributed by atoms with E-state index in [1.165, 1.54) is 0 Å². The summed E-state index contributed by atoms with van der Waals surface area (Å²) in [6.07, 6.45) is 0.894. The molecule has 8 nitrogen and oxygen atoms in total. The van der Waals surface area contributed by atoms with E-state index in [-0.39, 0.29) is 11.3 Å². The third kappa shape index (κ3) is 5.05. The number of sulfonamides is 1. The molecule has 0 heterocycles. The van der Waals surface area contributed by atoms with Crippen LogP contribution in [0.4, 0.5) is 5.69 Å². The molecule has 0 spiro atoms. The summed E-state index contributed by atoms with van der Waals surface area (Å²) >= 11 is 0. The van der Waals surface area contributed by atoms with E-state index >= 15 is 0 Å². The van der Waals surface area contributed by atoms with Gasteiger partial charge in [-0.15, -0.1) is 0 Å². The summed E-state index contributed by atoms with van der Waals surface area (Å²) in [5.41, 5.74) is -0.540. The number of hydrogen-bond acceptors (Lipinski definition) is 6. The minimum absolute atomic E-state index is 0.219. The van der Waals surface area contributed by atoms with E-state index in [2.05, 4.69) is 0 Å². The van der Waals surface area contributed by atoms with Crippen LogP contribution in [0.3, 0.4) is 0 Å². The van der Waals surface area contributed by atoms with Gasteiger partial charge >= 0.3 is 5.97 Å². The average Bonchev–Trinajstić information content (AvgIpc) is 2.28. The van der Waals surface area contributed by atoms with Gasteiger partial charge in [0.05, 0.1) is 22.8 Å². The van der Waals surface area contributed by atoms with Gasteiger partial charge in [0.15, 0.2) is 0 Å². The SMILES string of the molecule is CS(=O)(=O)CCS(=O)(=O)Nc1cc(C(=O)O)ccc1O. The molecular formula is C10H13NO7S2. The number of anilines is 1. The first-order chi connectivity index (χ1) is 9.00. The Morgan fingerprint density at radius 1 is 1.20 bits per heavy atom. The number of nitrogens with one attached hydrogen (secondary N) is 1. The highest BCUT2D eigenvalue weighted by Crippen LogP contribution is 2.25. The molecule has 1 aromatic rings. The molecule has 0 aromatic heterocycles. The lowest BCUT2D eigenvalue weighted by Crippen LogP contribution is -2.22. The predicted molar refractivity (Wildman–Crippen MR) is 72.2 cm³/mol. The quantitative estimate of drug-likeness (QED) is 0.620. The van der Waals surface area contributed by atoms with Crippen molar-refractivity contribution >= 4 is 31.5 Å². The summed E-state index contributed by atoms with van der Waals surface area (Å²) in [4.78, 5) is 10.7. The molecule has 0 saturated heterocycles. The molecule has 0 atom stereocenters. The zero-order valence-electron chi connectivity index (χ0n) is 10.4. The van der Waals surface area contributed by atoms with Gasteiger partial charge in [0, 0.05) is 6.26 Å². The van der Waals surface area contributed by atoms with Gasteiger partial charge < -0.3 is 10.2 Å². The van der Waals surface area contributed by atoms with Crippen molar-refractivity contribution in [3.63, 3.8) is 0 Å². The smallest absolute Gasteiger partial charge is 0.335 e. The zero-order valence-corrected chi connectivity index (χ0v) is 12.0.